The predicted molar refractivity (Wildman–Crippen MR) is 94.4 cm³/mol. The summed E-state index contributed by atoms with van der Waals surface area (Å²) in [5.41, 5.74) is 3.42. The second-order valence-electron chi connectivity index (χ2n) is 6.40. The van der Waals surface area contributed by atoms with Crippen molar-refractivity contribution < 1.29 is 0 Å². The van der Waals surface area contributed by atoms with Crippen molar-refractivity contribution in [3.8, 4) is 11.3 Å². The number of rotatable bonds is 3. The zero-order valence-electron chi connectivity index (χ0n) is 12.8. The molecule has 2 atom stereocenters. The first kappa shape index (κ1) is 13.8. The molecule has 1 fully saturated rings. The number of aromatic amines is 1. The maximum Gasteiger partial charge on any atom is 0.183 e. The van der Waals surface area contributed by atoms with Crippen LogP contribution in [0.4, 0.5) is 5.13 Å². The fourth-order valence-corrected chi connectivity index (χ4v) is 4.28. The molecular formula is C18H21N3S. The first-order chi connectivity index (χ1) is 10.8. The van der Waals surface area contributed by atoms with Crippen molar-refractivity contribution >= 4 is 27.4 Å². The quantitative estimate of drug-likeness (QED) is 0.690. The van der Waals surface area contributed by atoms with Crippen molar-refractivity contribution in [2.45, 2.75) is 38.6 Å². The first-order valence-electron chi connectivity index (χ1n) is 8.08. The highest BCUT2D eigenvalue weighted by molar-refractivity contribution is 7.14. The zero-order valence-corrected chi connectivity index (χ0v) is 13.6. The van der Waals surface area contributed by atoms with Gasteiger partial charge in [-0.2, -0.15) is 0 Å². The van der Waals surface area contributed by atoms with E-state index < -0.39 is 0 Å². The van der Waals surface area contributed by atoms with Gasteiger partial charge in [0.25, 0.3) is 0 Å². The molecule has 22 heavy (non-hydrogen) atoms. The summed E-state index contributed by atoms with van der Waals surface area (Å²) in [5, 5.41) is 8.09. The zero-order chi connectivity index (χ0) is 14.9. The highest BCUT2D eigenvalue weighted by Crippen LogP contribution is 2.32. The Labute approximate surface area is 134 Å². The molecule has 114 valence electrons. The lowest BCUT2D eigenvalue weighted by Gasteiger charge is -2.27. The number of hydrogen-bond donors (Lipinski definition) is 2. The number of thiazole rings is 1. The van der Waals surface area contributed by atoms with Crippen molar-refractivity contribution in [3.05, 3.63) is 35.8 Å². The summed E-state index contributed by atoms with van der Waals surface area (Å²) in [6.07, 6.45) is 7.30. The SMILES string of the molecule is C[C@@H]1CCC[C@H](Nc2nc(-c3c[nH]c4ccccc34)cs2)C1. The summed E-state index contributed by atoms with van der Waals surface area (Å²) >= 11 is 1.72. The highest BCUT2D eigenvalue weighted by atomic mass is 32.1. The number of benzene rings is 1. The number of nitrogens with zero attached hydrogens (tertiary/aromatic N) is 1. The van der Waals surface area contributed by atoms with Crippen LogP contribution in [-0.2, 0) is 0 Å². The van der Waals surface area contributed by atoms with Gasteiger partial charge in [-0.25, -0.2) is 4.98 Å². The Morgan fingerprint density at radius 1 is 1.27 bits per heavy atom. The second-order valence-corrected chi connectivity index (χ2v) is 7.26. The van der Waals surface area contributed by atoms with Crippen molar-refractivity contribution in [2.75, 3.05) is 5.32 Å². The van der Waals surface area contributed by atoms with Gasteiger partial charge in [0.15, 0.2) is 5.13 Å². The number of aromatic nitrogens is 2. The Kier molecular flexibility index (Phi) is 3.62. The molecular weight excluding hydrogens is 290 g/mol. The molecule has 0 aliphatic heterocycles. The number of fused-ring (bicyclic) bond motifs is 1. The molecule has 2 aromatic heterocycles. The average molecular weight is 311 g/mol. The summed E-state index contributed by atoms with van der Waals surface area (Å²) in [5.74, 6) is 0.833. The average Bonchev–Trinajstić information content (AvgIpc) is 3.13. The van der Waals surface area contributed by atoms with Gasteiger partial charge in [-0.1, -0.05) is 38.0 Å². The normalized spacial score (nSPS) is 22.0. The molecule has 1 aliphatic rings. The molecule has 3 nitrogen and oxygen atoms in total. The van der Waals surface area contributed by atoms with Crippen LogP contribution in [0.2, 0.25) is 0 Å². The van der Waals surface area contributed by atoms with Gasteiger partial charge in [-0.3, -0.25) is 0 Å². The van der Waals surface area contributed by atoms with E-state index in [-0.39, 0.29) is 0 Å². The van der Waals surface area contributed by atoms with Gasteiger partial charge < -0.3 is 10.3 Å². The Morgan fingerprint density at radius 2 is 2.18 bits per heavy atom. The van der Waals surface area contributed by atoms with Gasteiger partial charge in [0.05, 0.1) is 5.69 Å². The lowest BCUT2D eigenvalue weighted by atomic mass is 9.87. The molecule has 0 saturated heterocycles. The molecule has 4 heteroatoms. The Balaban J connectivity index is 1.56. The van der Waals surface area contributed by atoms with Crippen LogP contribution >= 0.6 is 11.3 Å². The Bertz CT molecular complexity index is 773. The monoisotopic (exact) mass is 311 g/mol. The number of hydrogen-bond acceptors (Lipinski definition) is 3. The van der Waals surface area contributed by atoms with Crippen LogP contribution in [0.3, 0.4) is 0 Å². The van der Waals surface area contributed by atoms with E-state index in [2.05, 4.69) is 53.1 Å². The minimum Gasteiger partial charge on any atom is -0.360 e. The van der Waals surface area contributed by atoms with Gasteiger partial charge >= 0.3 is 0 Å². The summed E-state index contributed by atoms with van der Waals surface area (Å²) in [6.45, 7) is 2.35. The van der Waals surface area contributed by atoms with Crippen LogP contribution in [0.1, 0.15) is 32.6 Å². The van der Waals surface area contributed by atoms with E-state index in [0.717, 1.165) is 16.7 Å². The minimum atomic E-state index is 0.589. The van der Waals surface area contributed by atoms with E-state index in [4.69, 9.17) is 4.98 Å². The van der Waals surface area contributed by atoms with Crippen molar-refractivity contribution in [1.29, 1.82) is 0 Å². The van der Waals surface area contributed by atoms with E-state index in [1.54, 1.807) is 11.3 Å². The van der Waals surface area contributed by atoms with E-state index >= 15 is 0 Å². The molecule has 0 amide bonds. The topological polar surface area (TPSA) is 40.7 Å². The third-order valence-electron chi connectivity index (χ3n) is 4.63. The standard InChI is InChI=1S/C18H21N3S/c1-12-5-4-6-13(9-12)20-18-21-17(11-22-18)15-10-19-16-8-3-2-7-14(15)16/h2-3,7-8,10-13,19H,4-6,9H2,1H3,(H,20,21)/t12-,13+/m1/s1. The molecule has 0 spiro atoms. The first-order valence-corrected chi connectivity index (χ1v) is 8.96. The maximum absolute atomic E-state index is 4.81. The smallest absolute Gasteiger partial charge is 0.183 e. The molecule has 0 bridgehead atoms. The minimum absolute atomic E-state index is 0.589. The van der Waals surface area contributed by atoms with Crippen molar-refractivity contribution in [1.82, 2.24) is 9.97 Å². The number of para-hydroxylation sites is 1. The van der Waals surface area contributed by atoms with Crippen LogP contribution in [0.25, 0.3) is 22.2 Å². The maximum atomic E-state index is 4.81. The lowest BCUT2D eigenvalue weighted by molar-refractivity contribution is 0.358. The molecule has 1 aliphatic carbocycles. The van der Waals surface area contributed by atoms with Crippen LogP contribution in [0, 0.1) is 5.92 Å². The van der Waals surface area contributed by atoms with Crippen LogP contribution in [-0.4, -0.2) is 16.0 Å². The molecule has 1 aromatic carbocycles. The van der Waals surface area contributed by atoms with Crippen LogP contribution in [0.15, 0.2) is 35.8 Å². The molecule has 0 radical (unpaired) electrons. The van der Waals surface area contributed by atoms with Gasteiger partial charge in [0.2, 0.25) is 0 Å². The lowest BCUT2D eigenvalue weighted by Crippen LogP contribution is -2.26. The summed E-state index contributed by atoms with van der Waals surface area (Å²) < 4.78 is 0. The summed E-state index contributed by atoms with van der Waals surface area (Å²) in [6, 6.07) is 8.98. The van der Waals surface area contributed by atoms with E-state index in [9.17, 15) is 0 Å². The Hall–Kier alpha value is -1.81. The second kappa shape index (κ2) is 5.76. The Morgan fingerprint density at radius 3 is 3.09 bits per heavy atom. The van der Waals surface area contributed by atoms with Crippen LogP contribution in [0.5, 0.6) is 0 Å². The van der Waals surface area contributed by atoms with Gasteiger partial charge in [-0.05, 0) is 24.8 Å². The molecule has 1 saturated carbocycles. The van der Waals surface area contributed by atoms with Gasteiger partial charge in [0, 0.05) is 34.1 Å². The summed E-state index contributed by atoms with van der Waals surface area (Å²) in [7, 11) is 0. The largest absolute Gasteiger partial charge is 0.360 e. The highest BCUT2D eigenvalue weighted by Gasteiger charge is 2.19. The fraction of sp³-hybridized carbons (Fsp3) is 0.389. The third kappa shape index (κ3) is 2.63. The third-order valence-corrected chi connectivity index (χ3v) is 5.41. The van der Waals surface area contributed by atoms with E-state index in [0.29, 0.717) is 6.04 Å². The number of anilines is 1. The van der Waals surface area contributed by atoms with Gasteiger partial charge in [-0.15, -0.1) is 11.3 Å². The molecule has 4 rings (SSSR count). The summed E-state index contributed by atoms with van der Waals surface area (Å²) in [4.78, 5) is 8.14. The fourth-order valence-electron chi connectivity index (χ4n) is 3.49. The molecule has 2 N–H and O–H groups in total. The van der Waals surface area contributed by atoms with Crippen LogP contribution < -0.4 is 5.32 Å². The van der Waals surface area contributed by atoms with E-state index in [1.807, 2.05) is 0 Å². The number of nitrogens with one attached hydrogen (secondary N) is 2. The van der Waals surface area contributed by atoms with Crippen molar-refractivity contribution in [2.24, 2.45) is 5.92 Å². The van der Waals surface area contributed by atoms with E-state index in [1.165, 1.54) is 42.1 Å². The molecule has 2 heterocycles. The van der Waals surface area contributed by atoms with Gasteiger partial charge in [0.1, 0.15) is 0 Å². The number of H-pyrrole nitrogens is 1. The predicted octanol–water partition coefficient (Wildman–Crippen LogP) is 5.28. The molecule has 0 unspecified atom stereocenters. The molecule has 3 aromatic rings. The van der Waals surface area contributed by atoms with Crippen molar-refractivity contribution in [3.63, 3.8) is 0 Å².